The van der Waals surface area contributed by atoms with Gasteiger partial charge in [-0.15, -0.1) is 0 Å². The van der Waals surface area contributed by atoms with Gasteiger partial charge in [-0.25, -0.2) is 0 Å². The van der Waals surface area contributed by atoms with Crippen molar-refractivity contribution in [1.29, 1.82) is 0 Å². The van der Waals surface area contributed by atoms with Gasteiger partial charge in [-0.05, 0) is 0 Å². The molecule has 0 N–H and O–H groups in total. The number of rotatable bonds is 0. The predicted octanol–water partition coefficient (Wildman–Crippen LogP) is -1.24. The Morgan fingerprint density at radius 3 is 1.17 bits per heavy atom. The molecule has 0 atom stereocenters. The van der Waals surface area contributed by atoms with Crippen molar-refractivity contribution in [3.05, 3.63) is 0 Å². The summed E-state index contributed by atoms with van der Waals surface area (Å²) in [6, 6.07) is 0. The minimum atomic E-state index is -2.42. The van der Waals surface area contributed by atoms with Crippen LogP contribution < -0.4 is 0 Å². The first kappa shape index (κ1) is 9.60. The fourth-order valence-corrected chi connectivity index (χ4v) is 0. The molecule has 0 aliphatic heterocycles. The summed E-state index contributed by atoms with van der Waals surface area (Å²) < 4.78 is 33.9. The summed E-state index contributed by atoms with van der Waals surface area (Å²) in [5.41, 5.74) is 0. The van der Waals surface area contributed by atoms with E-state index in [9.17, 15) is 0 Å². The van der Waals surface area contributed by atoms with Crippen LogP contribution in [0.1, 0.15) is 0 Å². The second kappa shape index (κ2) is 18.4. The topological polar surface area (TPSA) is 68.3 Å². The maximum absolute atomic E-state index is 8.57. The molecule has 6 heteroatoms. The molecule has 6 heavy (non-hydrogen) atoms. The molecule has 0 bridgehead atoms. The third-order valence-corrected chi connectivity index (χ3v) is 0. The molecular weight excluding hydrogens is 299 g/mol. The Bertz CT molecular complexity index is 61.5. The Morgan fingerprint density at radius 1 is 1.17 bits per heavy atom. The van der Waals surface area contributed by atoms with Crippen LogP contribution in [0.25, 0.3) is 0 Å². The number of hydrogen-bond donors (Lipinski definition) is 0. The van der Waals surface area contributed by atoms with E-state index in [2.05, 4.69) is 0 Å². The third kappa shape index (κ3) is 421. The van der Waals surface area contributed by atoms with Gasteiger partial charge in [0.2, 0.25) is 0 Å². The van der Waals surface area contributed by atoms with Gasteiger partial charge in [0.15, 0.2) is 0 Å². The van der Waals surface area contributed by atoms with Gasteiger partial charge in [-0.2, -0.15) is 0 Å². The van der Waals surface area contributed by atoms with Gasteiger partial charge in [0.1, 0.15) is 0 Å². The Morgan fingerprint density at radius 2 is 1.17 bits per heavy atom. The van der Waals surface area contributed by atoms with Crippen molar-refractivity contribution in [1.82, 2.24) is 0 Å². The molecule has 0 heterocycles. The van der Waals surface area contributed by atoms with Crippen LogP contribution in [0.3, 0.4) is 0 Å². The van der Waals surface area contributed by atoms with Crippen LogP contribution in [0.5, 0.6) is 0 Å². The first-order valence-corrected chi connectivity index (χ1v) is 4.81. The standard InChI is InChI=1S/O2Si.2O.Pb/c1-3-2;;;. The van der Waals surface area contributed by atoms with Gasteiger partial charge in [0.05, 0.1) is 0 Å². The molecule has 0 saturated heterocycles. The average Bonchev–Trinajstić information content (AvgIpc) is 1.39. The Kier molecular flexibility index (Phi) is 29.4. The monoisotopic (exact) mass is 300 g/mol. The van der Waals surface area contributed by atoms with E-state index >= 15 is 0 Å². The second-order valence-corrected chi connectivity index (χ2v) is 0.981. The van der Waals surface area contributed by atoms with Gasteiger partial charge in [0.25, 0.3) is 0 Å². The molecule has 0 amide bonds. The molecule has 0 aromatic rings. The molecule has 0 aromatic heterocycles. The Balaban J connectivity index is 0. The van der Waals surface area contributed by atoms with Gasteiger partial charge in [-0.1, -0.05) is 0 Å². The van der Waals surface area contributed by atoms with Crippen molar-refractivity contribution in [3.8, 4) is 0 Å². The fraction of sp³-hybridized carbons (Fsp3) is 0. The summed E-state index contributed by atoms with van der Waals surface area (Å²) >= 11 is -2.42. The van der Waals surface area contributed by atoms with Gasteiger partial charge < -0.3 is 0 Å². The van der Waals surface area contributed by atoms with Crippen LogP contribution >= 0.6 is 0 Å². The minimum absolute atomic E-state index is 1.42. The van der Waals surface area contributed by atoms with Crippen molar-refractivity contribution < 1.29 is 14.3 Å². The zero-order valence-corrected chi connectivity index (χ0v) is 7.52. The normalized spacial score (nSPS) is 2.67. The molecule has 0 radical (unpaired) electrons. The summed E-state index contributed by atoms with van der Waals surface area (Å²) in [6.45, 7) is 0. The summed E-state index contributed by atoms with van der Waals surface area (Å²) in [6.07, 6.45) is 0. The van der Waals surface area contributed by atoms with Crippen molar-refractivity contribution in [2.75, 3.05) is 0 Å². The van der Waals surface area contributed by atoms with Crippen LogP contribution in [0.2, 0.25) is 0 Å². The molecule has 0 spiro atoms. The number of hydrogen-bond acceptors (Lipinski definition) is 4. The molecule has 32 valence electrons. The molecule has 0 aliphatic rings. The van der Waals surface area contributed by atoms with Crippen LogP contribution in [0, 0.1) is 0 Å². The van der Waals surface area contributed by atoms with Crippen LogP contribution in [-0.4, -0.2) is 33.6 Å². The summed E-state index contributed by atoms with van der Waals surface area (Å²) in [5.74, 6) is 0. The molecule has 0 aliphatic carbocycles. The molecule has 0 saturated carbocycles. The van der Waals surface area contributed by atoms with Gasteiger partial charge in [-0.3, -0.25) is 8.92 Å². The average molecular weight is 299 g/mol. The van der Waals surface area contributed by atoms with Crippen LogP contribution in [0.15, 0.2) is 0 Å². The van der Waals surface area contributed by atoms with E-state index in [4.69, 9.17) is 14.3 Å². The van der Waals surface area contributed by atoms with E-state index < -0.39 is 33.6 Å². The first-order valence-electron chi connectivity index (χ1n) is 0.816. The molecule has 0 aromatic carbocycles. The first-order chi connectivity index (χ1) is 2.83. The van der Waals surface area contributed by atoms with Crippen molar-refractivity contribution >= 4 is 33.6 Å². The molecule has 4 nitrogen and oxygen atoms in total. The SMILES string of the molecule is O=[Si]=O.[O]=[Pb]=[O]. The molecule has 0 rings (SSSR count). The van der Waals surface area contributed by atoms with Crippen LogP contribution in [0.4, 0.5) is 0 Å². The second-order valence-electron chi connectivity index (χ2n) is 0.167. The summed E-state index contributed by atoms with van der Waals surface area (Å²) in [5, 5.41) is 0. The zero-order valence-electron chi connectivity index (χ0n) is 2.63. The predicted molar refractivity (Wildman–Crippen MR) is 14.3 cm³/mol. The van der Waals surface area contributed by atoms with Crippen molar-refractivity contribution in [2.24, 2.45) is 0 Å². The quantitative estimate of drug-likeness (QED) is 0.525. The third-order valence-electron chi connectivity index (χ3n) is 0. The Labute approximate surface area is 48.0 Å². The summed E-state index contributed by atoms with van der Waals surface area (Å²) in [4.78, 5) is 0. The maximum atomic E-state index is 8.57. The van der Waals surface area contributed by atoms with E-state index in [1.165, 1.54) is 0 Å². The summed E-state index contributed by atoms with van der Waals surface area (Å²) in [7, 11) is -1.42. The fourth-order valence-electron chi connectivity index (χ4n) is 0. The van der Waals surface area contributed by atoms with E-state index in [0.29, 0.717) is 0 Å². The van der Waals surface area contributed by atoms with E-state index in [1.807, 2.05) is 0 Å². The van der Waals surface area contributed by atoms with Crippen molar-refractivity contribution in [3.63, 3.8) is 0 Å². The van der Waals surface area contributed by atoms with Gasteiger partial charge in [0, 0.05) is 0 Å². The Hall–Kier alpha value is 0.339. The van der Waals surface area contributed by atoms with Crippen molar-refractivity contribution in [2.45, 2.75) is 0 Å². The van der Waals surface area contributed by atoms with E-state index in [-0.39, 0.29) is 0 Å². The zero-order chi connectivity index (χ0) is 5.41. The molecule has 0 unspecified atom stereocenters. The van der Waals surface area contributed by atoms with E-state index in [1.54, 1.807) is 0 Å². The van der Waals surface area contributed by atoms with Crippen LogP contribution in [-0.2, 0) is 14.3 Å². The van der Waals surface area contributed by atoms with E-state index in [0.717, 1.165) is 0 Å². The molecular formula is O4PbSi. The van der Waals surface area contributed by atoms with Gasteiger partial charge >= 0.3 is 38.9 Å². The molecule has 0 fully saturated rings.